The summed E-state index contributed by atoms with van der Waals surface area (Å²) in [5, 5.41) is 39.4. The summed E-state index contributed by atoms with van der Waals surface area (Å²) in [5.41, 5.74) is 1.09. The Morgan fingerprint density at radius 3 is 1.96 bits per heavy atom. The number of phenols is 3. The molecule has 0 heterocycles. The first-order valence-electron chi connectivity index (χ1n) is 7.74. The van der Waals surface area contributed by atoms with Crippen LogP contribution in [0.3, 0.4) is 0 Å². The fraction of sp³-hybridized carbons (Fsp3) is 0.222. The molecule has 0 spiro atoms. The minimum atomic E-state index is -1.05. The molecular formula is C18H21NO6. The van der Waals surface area contributed by atoms with Crippen LogP contribution in [0.25, 0.3) is 0 Å². The Morgan fingerprint density at radius 2 is 1.48 bits per heavy atom. The van der Waals surface area contributed by atoms with E-state index in [1.165, 1.54) is 36.4 Å². The molecule has 2 rings (SSSR count). The third-order valence-corrected chi connectivity index (χ3v) is 3.19. The van der Waals surface area contributed by atoms with Crippen molar-refractivity contribution in [2.45, 2.75) is 26.7 Å². The van der Waals surface area contributed by atoms with Crippen molar-refractivity contribution in [3.63, 3.8) is 0 Å². The number of carboxylic acid groups (broad SMARTS) is 1. The second-order valence-electron chi connectivity index (χ2n) is 4.91. The maximum absolute atomic E-state index is 11.8. The standard InChI is InChI=1S/C16H15NO6.C2H6/c18-12-7-9(8-13(19)15(12)21)1-6-14(20)17-11-4-2-10(3-5-11)16(22)23;1-2/h2-5,7-8,18-19,21H,1,6H2,(H,17,20)(H,22,23);1-2H3. The van der Waals surface area contributed by atoms with E-state index in [-0.39, 0.29) is 24.3 Å². The Morgan fingerprint density at radius 1 is 0.960 bits per heavy atom. The number of aromatic hydroxyl groups is 3. The fourth-order valence-electron chi connectivity index (χ4n) is 1.98. The molecule has 0 aromatic heterocycles. The van der Waals surface area contributed by atoms with E-state index in [9.17, 15) is 24.9 Å². The number of nitrogens with one attached hydrogen (secondary N) is 1. The van der Waals surface area contributed by atoms with E-state index in [0.717, 1.165) is 0 Å². The van der Waals surface area contributed by atoms with Crippen LogP contribution in [0.15, 0.2) is 36.4 Å². The Balaban J connectivity index is 0.00000151. The smallest absolute Gasteiger partial charge is 0.335 e. The van der Waals surface area contributed by atoms with Gasteiger partial charge in [0, 0.05) is 12.1 Å². The van der Waals surface area contributed by atoms with E-state index < -0.39 is 23.2 Å². The van der Waals surface area contributed by atoms with Gasteiger partial charge in [-0.25, -0.2) is 4.79 Å². The van der Waals surface area contributed by atoms with E-state index in [4.69, 9.17) is 5.11 Å². The molecule has 0 bridgehead atoms. The summed E-state index contributed by atoms with van der Waals surface area (Å²) in [7, 11) is 0. The summed E-state index contributed by atoms with van der Waals surface area (Å²) < 4.78 is 0. The predicted octanol–water partition coefficient (Wildman–Crippen LogP) is 3.10. The number of aryl methyl sites for hydroxylation is 1. The lowest BCUT2D eigenvalue weighted by Gasteiger charge is -2.07. The molecule has 1 amide bonds. The van der Waals surface area contributed by atoms with Gasteiger partial charge in [0.05, 0.1) is 5.56 Å². The van der Waals surface area contributed by atoms with Crippen LogP contribution in [0.4, 0.5) is 5.69 Å². The monoisotopic (exact) mass is 347 g/mol. The van der Waals surface area contributed by atoms with Crippen LogP contribution in [0, 0.1) is 0 Å². The van der Waals surface area contributed by atoms with Crippen molar-refractivity contribution in [2.24, 2.45) is 0 Å². The molecule has 25 heavy (non-hydrogen) atoms. The molecule has 2 aromatic rings. The number of hydrogen-bond donors (Lipinski definition) is 5. The number of benzene rings is 2. The summed E-state index contributed by atoms with van der Waals surface area (Å²) in [6.45, 7) is 4.00. The maximum Gasteiger partial charge on any atom is 0.335 e. The number of carbonyl (C=O) groups excluding carboxylic acids is 1. The SMILES string of the molecule is CC.O=C(CCc1cc(O)c(O)c(O)c1)Nc1ccc(C(=O)O)cc1. The normalized spacial score (nSPS) is 9.68. The Hall–Kier alpha value is -3.22. The molecule has 2 aromatic carbocycles. The molecule has 134 valence electrons. The summed E-state index contributed by atoms with van der Waals surface area (Å²) in [6, 6.07) is 8.27. The van der Waals surface area contributed by atoms with Gasteiger partial charge in [0.25, 0.3) is 0 Å². The maximum atomic E-state index is 11.8. The lowest BCUT2D eigenvalue weighted by atomic mass is 10.1. The molecule has 0 aliphatic heterocycles. The lowest BCUT2D eigenvalue weighted by Crippen LogP contribution is -2.12. The van der Waals surface area contributed by atoms with Gasteiger partial charge in [0.1, 0.15) is 0 Å². The van der Waals surface area contributed by atoms with Crippen LogP contribution in [-0.4, -0.2) is 32.3 Å². The number of hydrogen-bond acceptors (Lipinski definition) is 5. The van der Waals surface area contributed by atoms with Crippen molar-refractivity contribution >= 4 is 17.6 Å². The number of rotatable bonds is 5. The summed E-state index contributed by atoms with van der Waals surface area (Å²) in [6.07, 6.45) is 0.338. The molecule has 0 saturated carbocycles. The van der Waals surface area contributed by atoms with Crippen molar-refractivity contribution in [3.05, 3.63) is 47.5 Å². The first-order valence-corrected chi connectivity index (χ1v) is 7.74. The Kier molecular flexibility index (Phi) is 7.27. The molecule has 0 aliphatic carbocycles. The van der Waals surface area contributed by atoms with Crippen LogP contribution in [0.1, 0.15) is 36.2 Å². The molecule has 0 unspecified atom stereocenters. The van der Waals surface area contributed by atoms with Crippen molar-refractivity contribution in [1.29, 1.82) is 0 Å². The van der Waals surface area contributed by atoms with E-state index in [0.29, 0.717) is 11.3 Å². The van der Waals surface area contributed by atoms with E-state index in [1.807, 2.05) is 13.8 Å². The zero-order valence-corrected chi connectivity index (χ0v) is 14.0. The molecule has 0 aliphatic rings. The van der Waals surface area contributed by atoms with Crippen molar-refractivity contribution < 1.29 is 30.0 Å². The number of carbonyl (C=O) groups is 2. The number of carboxylic acids is 1. The third kappa shape index (κ3) is 5.72. The largest absolute Gasteiger partial charge is 0.504 e. The molecule has 5 N–H and O–H groups in total. The van der Waals surface area contributed by atoms with Crippen molar-refractivity contribution in [1.82, 2.24) is 0 Å². The number of aromatic carboxylic acids is 1. The van der Waals surface area contributed by atoms with Crippen LogP contribution in [-0.2, 0) is 11.2 Å². The highest BCUT2D eigenvalue weighted by Crippen LogP contribution is 2.35. The first kappa shape index (κ1) is 19.8. The van der Waals surface area contributed by atoms with Gasteiger partial charge in [-0.3, -0.25) is 4.79 Å². The van der Waals surface area contributed by atoms with Gasteiger partial charge in [-0.1, -0.05) is 13.8 Å². The van der Waals surface area contributed by atoms with Gasteiger partial charge in [-0.2, -0.15) is 0 Å². The van der Waals surface area contributed by atoms with Gasteiger partial charge in [0.15, 0.2) is 17.2 Å². The molecule has 0 fully saturated rings. The third-order valence-electron chi connectivity index (χ3n) is 3.19. The fourth-order valence-corrected chi connectivity index (χ4v) is 1.98. The molecular weight excluding hydrogens is 326 g/mol. The zero-order chi connectivity index (χ0) is 19.0. The minimum absolute atomic E-state index is 0.0876. The van der Waals surface area contributed by atoms with Gasteiger partial charge in [0.2, 0.25) is 5.91 Å². The second kappa shape index (κ2) is 9.17. The highest BCUT2D eigenvalue weighted by atomic mass is 16.4. The highest BCUT2D eigenvalue weighted by molar-refractivity contribution is 5.92. The van der Waals surface area contributed by atoms with Crippen LogP contribution in [0.5, 0.6) is 17.2 Å². The van der Waals surface area contributed by atoms with Gasteiger partial charge in [-0.15, -0.1) is 0 Å². The molecule has 0 atom stereocenters. The number of phenolic OH excluding ortho intramolecular Hbond substituents is 3. The van der Waals surface area contributed by atoms with Gasteiger partial charge in [-0.05, 0) is 48.4 Å². The van der Waals surface area contributed by atoms with Crippen LogP contribution >= 0.6 is 0 Å². The van der Waals surface area contributed by atoms with E-state index in [2.05, 4.69) is 5.32 Å². The molecule has 7 nitrogen and oxygen atoms in total. The van der Waals surface area contributed by atoms with Gasteiger partial charge < -0.3 is 25.7 Å². The van der Waals surface area contributed by atoms with Crippen molar-refractivity contribution in [2.75, 3.05) is 5.32 Å². The van der Waals surface area contributed by atoms with E-state index >= 15 is 0 Å². The molecule has 7 heteroatoms. The average molecular weight is 347 g/mol. The summed E-state index contributed by atoms with van der Waals surface area (Å²) >= 11 is 0. The predicted molar refractivity (Wildman–Crippen MR) is 93.1 cm³/mol. The quantitative estimate of drug-likeness (QED) is 0.529. The number of amides is 1. The highest BCUT2D eigenvalue weighted by Gasteiger charge is 2.10. The average Bonchev–Trinajstić information content (AvgIpc) is 2.60. The van der Waals surface area contributed by atoms with Crippen LogP contribution < -0.4 is 5.32 Å². The summed E-state index contributed by atoms with van der Waals surface area (Å²) in [4.78, 5) is 22.6. The first-order chi connectivity index (χ1) is 11.9. The Bertz CT molecular complexity index is 717. The van der Waals surface area contributed by atoms with Gasteiger partial charge >= 0.3 is 5.97 Å². The number of anilines is 1. The Labute approximate surface area is 145 Å². The van der Waals surface area contributed by atoms with E-state index in [1.54, 1.807) is 0 Å². The minimum Gasteiger partial charge on any atom is -0.504 e. The molecule has 0 radical (unpaired) electrons. The van der Waals surface area contributed by atoms with Crippen molar-refractivity contribution in [3.8, 4) is 17.2 Å². The lowest BCUT2D eigenvalue weighted by molar-refractivity contribution is -0.116. The summed E-state index contributed by atoms with van der Waals surface area (Å²) in [5.74, 6) is -2.86. The topological polar surface area (TPSA) is 127 Å². The second-order valence-corrected chi connectivity index (χ2v) is 4.91. The van der Waals surface area contributed by atoms with Crippen LogP contribution in [0.2, 0.25) is 0 Å². The molecule has 0 saturated heterocycles. The zero-order valence-electron chi connectivity index (χ0n) is 14.0.